The quantitative estimate of drug-likeness (QED) is 0.671. The third-order valence-corrected chi connectivity index (χ3v) is 6.25. The molecule has 1 aliphatic heterocycles. The zero-order chi connectivity index (χ0) is 20.4. The van der Waals surface area contributed by atoms with Crippen LogP contribution in [0.15, 0.2) is 53.9 Å². The van der Waals surface area contributed by atoms with Gasteiger partial charge in [-0.2, -0.15) is 0 Å². The van der Waals surface area contributed by atoms with E-state index in [0.717, 1.165) is 0 Å². The van der Waals surface area contributed by atoms with Gasteiger partial charge in [0.05, 0.1) is 5.88 Å². The van der Waals surface area contributed by atoms with Crippen LogP contribution < -0.4 is 5.32 Å². The van der Waals surface area contributed by atoms with Crippen molar-refractivity contribution in [2.75, 3.05) is 16.9 Å². The van der Waals surface area contributed by atoms with Crippen LogP contribution in [0.1, 0.15) is 10.5 Å². The summed E-state index contributed by atoms with van der Waals surface area (Å²) < 4.78 is 27.3. The second-order valence-electron chi connectivity index (χ2n) is 6.31. The fraction of sp³-hybridized carbons (Fsp3) is 0.150. The van der Waals surface area contributed by atoms with Crippen LogP contribution in [0.25, 0.3) is 10.6 Å². The molecule has 0 saturated carbocycles. The molecule has 2 aromatic carbocycles. The molecule has 1 aromatic heterocycles. The summed E-state index contributed by atoms with van der Waals surface area (Å²) in [5.41, 5.74) is 0.821. The first-order chi connectivity index (χ1) is 14.0. The number of carbonyl (C=O) groups is 2. The molecule has 0 spiro atoms. The minimum Gasteiger partial charge on any atom is -0.324 e. The SMILES string of the molecule is O=C(Nc1cccc(F)c1)C1CSCN1C(=O)c1csc(-c2ccccc2F)n1. The monoisotopic (exact) mass is 431 g/mol. The first-order valence-corrected chi connectivity index (χ1v) is 10.7. The highest BCUT2D eigenvalue weighted by atomic mass is 32.2. The minimum absolute atomic E-state index is 0.166. The zero-order valence-electron chi connectivity index (χ0n) is 15.0. The van der Waals surface area contributed by atoms with Gasteiger partial charge in [-0.1, -0.05) is 18.2 Å². The molecule has 1 aliphatic rings. The standard InChI is InChI=1S/C20H15F2N3O2S2/c21-12-4-3-5-13(8-12)23-18(26)17-10-28-11-25(17)20(27)16-9-29-19(24-16)14-6-1-2-7-15(14)22/h1-9,17H,10-11H2,(H,23,26). The van der Waals surface area contributed by atoms with E-state index in [0.29, 0.717) is 27.9 Å². The van der Waals surface area contributed by atoms with Crippen LogP contribution in [-0.2, 0) is 4.79 Å². The maximum absolute atomic E-state index is 14.0. The average molecular weight is 431 g/mol. The van der Waals surface area contributed by atoms with E-state index in [-0.39, 0.29) is 5.69 Å². The molecule has 2 amide bonds. The summed E-state index contributed by atoms with van der Waals surface area (Å²) in [5.74, 6) is -0.888. The number of thioether (sulfide) groups is 1. The number of aromatic nitrogens is 1. The Morgan fingerprint density at radius 2 is 1.97 bits per heavy atom. The molecule has 1 unspecified atom stereocenters. The predicted octanol–water partition coefficient (Wildman–Crippen LogP) is 4.24. The molecule has 1 saturated heterocycles. The number of nitrogens with one attached hydrogen (secondary N) is 1. The maximum atomic E-state index is 14.0. The summed E-state index contributed by atoms with van der Waals surface area (Å²) in [6.45, 7) is 0. The second-order valence-corrected chi connectivity index (χ2v) is 8.17. The van der Waals surface area contributed by atoms with E-state index in [9.17, 15) is 18.4 Å². The second kappa shape index (κ2) is 8.30. The highest BCUT2D eigenvalue weighted by Crippen LogP contribution is 2.29. The van der Waals surface area contributed by atoms with Crippen molar-refractivity contribution < 1.29 is 18.4 Å². The highest BCUT2D eigenvalue weighted by molar-refractivity contribution is 7.99. The average Bonchev–Trinajstić information content (AvgIpc) is 3.38. The summed E-state index contributed by atoms with van der Waals surface area (Å²) in [4.78, 5) is 31.3. The molecule has 4 rings (SSSR count). The van der Waals surface area contributed by atoms with E-state index in [4.69, 9.17) is 0 Å². The number of thiazole rings is 1. The summed E-state index contributed by atoms with van der Waals surface area (Å²) in [6.07, 6.45) is 0. The van der Waals surface area contributed by atoms with Crippen molar-refractivity contribution in [1.29, 1.82) is 0 Å². The van der Waals surface area contributed by atoms with E-state index >= 15 is 0 Å². The van der Waals surface area contributed by atoms with Gasteiger partial charge in [-0.15, -0.1) is 23.1 Å². The minimum atomic E-state index is -0.700. The smallest absolute Gasteiger partial charge is 0.274 e. The maximum Gasteiger partial charge on any atom is 0.274 e. The normalized spacial score (nSPS) is 16.1. The van der Waals surface area contributed by atoms with Crippen LogP contribution in [-0.4, -0.2) is 39.4 Å². The van der Waals surface area contributed by atoms with Crippen molar-refractivity contribution >= 4 is 40.6 Å². The lowest BCUT2D eigenvalue weighted by Crippen LogP contribution is -2.44. The molecule has 1 atom stereocenters. The number of anilines is 1. The van der Waals surface area contributed by atoms with Crippen molar-refractivity contribution in [2.24, 2.45) is 0 Å². The summed E-state index contributed by atoms with van der Waals surface area (Å²) >= 11 is 2.62. The Morgan fingerprint density at radius 3 is 2.76 bits per heavy atom. The predicted molar refractivity (Wildman–Crippen MR) is 110 cm³/mol. The number of amides is 2. The molecule has 3 aromatic rings. The number of benzene rings is 2. The Kier molecular flexibility index (Phi) is 5.59. The van der Waals surface area contributed by atoms with Crippen LogP contribution in [0.3, 0.4) is 0 Å². The number of carbonyl (C=O) groups excluding carboxylic acids is 2. The Balaban J connectivity index is 1.51. The summed E-state index contributed by atoms with van der Waals surface area (Å²) in [7, 11) is 0. The largest absolute Gasteiger partial charge is 0.324 e. The van der Waals surface area contributed by atoms with E-state index in [2.05, 4.69) is 10.3 Å². The molecule has 0 radical (unpaired) electrons. The third kappa shape index (κ3) is 4.15. The van der Waals surface area contributed by atoms with Gasteiger partial charge >= 0.3 is 0 Å². The fourth-order valence-electron chi connectivity index (χ4n) is 2.93. The Hall–Kier alpha value is -2.78. The molecule has 29 heavy (non-hydrogen) atoms. The molecule has 9 heteroatoms. The number of rotatable bonds is 4. The molecular weight excluding hydrogens is 416 g/mol. The molecule has 1 fully saturated rings. The van der Waals surface area contributed by atoms with Gasteiger partial charge in [0.25, 0.3) is 5.91 Å². The van der Waals surface area contributed by atoms with Crippen LogP contribution >= 0.6 is 23.1 Å². The number of halogens is 2. The Labute approximate surface area is 173 Å². The van der Waals surface area contributed by atoms with Gasteiger partial charge in [-0.05, 0) is 30.3 Å². The van der Waals surface area contributed by atoms with Crippen molar-refractivity contribution in [3.8, 4) is 10.6 Å². The van der Waals surface area contributed by atoms with Crippen molar-refractivity contribution in [2.45, 2.75) is 6.04 Å². The molecular formula is C20H15F2N3O2S2. The van der Waals surface area contributed by atoms with Gasteiger partial charge in [0.1, 0.15) is 28.4 Å². The number of nitrogens with zero attached hydrogens (tertiary/aromatic N) is 2. The molecule has 1 N–H and O–H groups in total. The lowest BCUT2D eigenvalue weighted by molar-refractivity contribution is -0.119. The highest BCUT2D eigenvalue weighted by Gasteiger charge is 2.36. The van der Waals surface area contributed by atoms with E-state index in [1.165, 1.54) is 52.3 Å². The lowest BCUT2D eigenvalue weighted by Gasteiger charge is -2.22. The van der Waals surface area contributed by atoms with Gasteiger partial charge < -0.3 is 10.2 Å². The number of hydrogen-bond donors (Lipinski definition) is 1. The third-order valence-electron chi connectivity index (χ3n) is 4.37. The van der Waals surface area contributed by atoms with Crippen molar-refractivity contribution in [1.82, 2.24) is 9.88 Å². The first-order valence-electron chi connectivity index (χ1n) is 8.68. The topological polar surface area (TPSA) is 62.3 Å². The summed E-state index contributed by atoms with van der Waals surface area (Å²) in [5, 5.41) is 4.61. The molecule has 2 heterocycles. The van der Waals surface area contributed by atoms with Crippen LogP contribution in [0, 0.1) is 11.6 Å². The lowest BCUT2D eigenvalue weighted by atomic mass is 10.2. The molecule has 148 valence electrons. The Bertz CT molecular complexity index is 1070. The molecule has 0 bridgehead atoms. The van der Waals surface area contributed by atoms with Gasteiger partial charge in [-0.25, -0.2) is 13.8 Å². The van der Waals surface area contributed by atoms with Crippen molar-refractivity contribution in [3.63, 3.8) is 0 Å². The van der Waals surface area contributed by atoms with Crippen LogP contribution in [0.4, 0.5) is 14.5 Å². The van der Waals surface area contributed by atoms with E-state index in [1.54, 1.807) is 29.6 Å². The van der Waals surface area contributed by atoms with Crippen LogP contribution in [0.5, 0.6) is 0 Å². The first kappa shape index (κ1) is 19.5. The van der Waals surface area contributed by atoms with Crippen LogP contribution in [0.2, 0.25) is 0 Å². The van der Waals surface area contributed by atoms with Gasteiger partial charge in [0.2, 0.25) is 5.91 Å². The Morgan fingerprint density at radius 1 is 1.14 bits per heavy atom. The van der Waals surface area contributed by atoms with E-state index in [1.807, 2.05) is 0 Å². The summed E-state index contributed by atoms with van der Waals surface area (Å²) in [6, 6.07) is 11.1. The van der Waals surface area contributed by atoms with E-state index < -0.39 is 29.5 Å². The zero-order valence-corrected chi connectivity index (χ0v) is 16.6. The van der Waals surface area contributed by atoms with Gasteiger partial charge in [0.15, 0.2) is 0 Å². The number of hydrogen-bond acceptors (Lipinski definition) is 5. The van der Waals surface area contributed by atoms with Crippen molar-refractivity contribution in [3.05, 3.63) is 71.2 Å². The molecule has 5 nitrogen and oxygen atoms in total. The van der Waals surface area contributed by atoms with Gasteiger partial charge in [-0.3, -0.25) is 9.59 Å². The van der Waals surface area contributed by atoms with Gasteiger partial charge in [0, 0.05) is 22.4 Å². The molecule has 0 aliphatic carbocycles. The fourth-order valence-corrected chi connectivity index (χ4v) is 4.90.